The first kappa shape index (κ1) is 6.62. The Kier molecular flexibility index (Phi) is 1.46. The van der Waals surface area contributed by atoms with Gasteiger partial charge in [-0.25, -0.2) is 0 Å². The summed E-state index contributed by atoms with van der Waals surface area (Å²) in [5.74, 6) is 0. The SMILES string of the molecule is CNC1CC2CC(C1)N2C. The van der Waals surface area contributed by atoms with Gasteiger partial charge in [-0.3, -0.25) is 0 Å². The first-order valence-electron chi connectivity index (χ1n) is 4.20. The molecule has 10 heavy (non-hydrogen) atoms. The fraction of sp³-hybridized carbons (Fsp3) is 1.00. The second-order valence-electron chi connectivity index (χ2n) is 3.67. The van der Waals surface area contributed by atoms with E-state index in [0.29, 0.717) is 0 Å². The van der Waals surface area contributed by atoms with E-state index >= 15 is 0 Å². The van der Waals surface area contributed by atoms with Crippen molar-refractivity contribution in [1.82, 2.24) is 10.2 Å². The number of piperidine rings is 1. The molecule has 0 spiro atoms. The minimum atomic E-state index is 0.806. The van der Waals surface area contributed by atoms with Gasteiger partial charge >= 0.3 is 0 Å². The quantitative estimate of drug-likeness (QED) is 0.568. The van der Waals surface area contributed by atoms with Crippen LogP contribution in [-0.2, 0) is 0 Å². The Bertz CT molecular complexity index is 123. The average molecular weight is 140 g/mol. The van der Waals surface area contributed by atoms with Gasteiger partial charge in [0.1, 0.15) is 0 Å². The third-order valence-electron chi connectivity index (χ3n) is 3.22. The van der Waals surface area contributed by atoms with Crippen molar-refractivity contribution in [1.29, 1.82) is 0 Å². The van der Waals surface area contributed by atoms with Crippen molar-refractivity contribution < 1.29 is 0 Å². The monoisotopic (exact) mass is 140 g/mol. The molecule has 1 N–H and O–H groups in total. The normalized spacial score (nSPS) is 46.8. The van der Waals surface area contributed by atoms with Crippen molar-refractivity contribution in [3.63, 3.8) is 0 Å². The minimum Gasteiger partial charge on any atom is -0.317 e. The molecule has 0 aromatic carbocycles. The van der Waals surface area contributed by atoms with Crippen LogP contribution < -0.4 is 5.32 Å². The summed E-state index contributed by atoms with van der Waals surface area (Å²) in [6, 6.07) is 2.60. The van der Waals surface area contributed by atoms with E-state index in [1.807, 2.05) is 0 Å². The van der Waals surface area contributed by atoms with Crippen molar-refractivity contribution in [2.24, 2.45) is 0 Å². The molecule has 2 heterocycles. The van der Waals surface area contributed by atoms with E-state index in [1.165, 1.54) is 19.3 Å². The van der Waals surface area contributed by atoms with Crippen LogP contribution in [0.5, 0.6) is 0 Å². The molecule has 1 aliphatic carbocycles. The molecule has 2 unspecified atom stereocenters. The molecule has 3 fully saturated rings. The molecule has 2 atom stereocenters. The predicted octanol–water partition coefficient (Wildman–Crippen LogP) is 0.441. The largest absolute Gasteiger partial charge is 0.317 e. The smallest absolute Gasteiger partial charge is 0.0125 e. The summed E-state index contributed by atoms with van der Waals surface area (Å²) < 4.78 is 0. The van der Waals surface area contributed by atoms with Crippen molar-refractivity contribution in [2.75, 3.05) is 14.1 Å². The topological polar surface area (TPSA) is 15.3 Å². The summed E-state index contributed by atoms with van der Waals surface area (Å²) >= 11 is 0. The van der Waals surface area contributed by atoms with E-state index in [-0.39, 0.29) is 0 Å². The highest BCUT2D eigenvalue weighted by molar-refractivity contribution is 5.00. The molecule has 0 radical (unpaired) electrons. The molecular formula is C8H16N2. The number of fused-ring (bicyclic) bond motifs is 2. The van der Waals surface area contributed by atoms with Crippen molar-refractivity contribution >= 4 is 0 Å². The summed E-state index contributed by atoms with van der Waals surface area (Å²) in [4.78, 5) is 2.52. The van der Waals surface area contributed by atoms with Gasteiger partial charge in [-0.05, 0) is 33.4 Å². The lowest BCUT2D eigenvalue weighted by molar-refractivity contribution is -0.0169. The van der Waals surface area contributed by atoms with Crippen LogP contribution in [0, 0.1) is 0 Å². The first-order chi connectivity index (χ1) is 4.81. The van der Waals surface area contributed by atoms with Crippen LogP contribution in [0.1, 0.15) is 19.3 Å². The highest BCUT2D eigenvalue weighted by Crippen LogP contribution is 2.36. The van der Waals surface area contributed by atoms with Crippen molar-refractivity contribution in [3.05, 3.63) is 0 Å². The summed E-state index contributed by atoms with van der Waals surface area (Å²) in [6.45, 7) is 0. The van der Waals surface area contributed by atoms with E-state index in [1.54, 1.807) is 0 Å². The van der Waals surface area contributed by atoms with Gasteiger partial charge < -0.3 is 10.2 Å². The molecule has 3 aliphatic rings. The average Bonchev–Trinajstić information content (AvgIpc) is 2.04. The fourth-order valence-corrected chi connectivity index (χ4v) is 2.32. The van der Waals surface area contributed by atoms with Crippen LogP contribution in [0.2, 0.25) is 0 Å². The van der Waals surface area contributed by atoms with E-state index in [0.717, 1.165) is 18.1 Å². The summed E-state index contributed by atoms with van der Waals surface area (Å²) in [6.07, 6.45) is 4.18. The summed E-state index contributed by atoms with van der Waals surface area (Å²) in [5, 5.41) is 3.36. The lowest BCUT2D eigenvalue weighted by Crippen LogP contribution is -2.61. The van der Waals surface area contributed by atoms with E-state index in [4.69, 9.17) is 0 Å². The van der Waals surface area contributed by atoms with E-state index in [9.17, 15) is 0 Å². The number of hydrogen-bond acceptors (Lipinski definition) is 2. The molecular weight excluding hydrogens is 124 g/mol. The van der Waals surface area contributed by atoms with Crippen LogP contribution in [0.25, 0.3) is 0 Å². The Hall–Kier alpha value is -0.0800. The highest BCUT2D eigenvalue weighted by atomic mass is 15.2. The number of hydrogen-bond donors (Lipinski definition) is 1. The zero-order valence-corrected chi connectivity index (χ0v) is 6.80. The third kappa shape index (κ3) is 0.789. The van der Waals surface area contributed by atoms with Crippen molar-refractivity contribution in [2.45, 2.75) is 37.4 Å². The van der Waals surface area contributed by atoms with Gasteiger partial charge in [0.05, 0.1) is 0 Å². The lowest BCUT2D eigenvalue weighted by atomic mass is 9.77. The van der Waals surface area contributed by atoms with Crippen LogP contribution in [-0.4, -0.2) is 37.1 Å². The molecule has 2 nitrogen and oxygen atoms in total. The Balaban J connectivity index is 1.93. The number of nitrogens with one attached hydrogen (secondary N) is 1. The number of nitrogens with zero attached hydrogens (tertiary/aromatic N) is 1. The predicted molar refractivity (Wildman–Crippen MR) is 42.0 cm³/mol. The van der Waals surface area contributed by atoms with Crippen LogP contribution in [0.4, 0.5) is 0 Å². The second-order valence-corrected chi connectivity index (χ2v) is 3.67. The molecule has 0 aromatic heterocycles. The lowest BCUT2D eigenvalue weighted by Gasteiger charge is -2.53. The second kappa shape index (κ2) is 2.21. The molecule has 2 heteroatoms. The molecule has 2 aliphatic heterocycles. The zero-order chi connectivity index (χ0) is 7.14. The summed E-state index contributed by atoms with van der Waals surface area (Å²) in [5.41, 5.74) is 0. The standard InChI is InChI=1S/C8H16N2/c1-9-6-3-7-5-8(4-6)10(7)2/h6-9H,3-5H2,1-2H3. The van der Waals surface area contributed by atoms with Gasteiger partial charge in [-0.15, -0.1) is 0 Å². The molecule has 0 aromatic rings. The van der Waals surface area contributed by atoms with E-state index in [2.05, 4.69) is 24.3 Å². The van der Waals surface area contributed by atoms with Crippen molar-refractivity contribution in [3.8, 4) is 0 Å². The van der Waals surface area contributed by atoms with Crippen LogP contribution in [0.15, 0.2) is 0 Å². The van der Waals surface area contributed by atoms with Gasteiger partial charge in [0.15, 0.2) is 0 Å². The summed E-state index contributed by atoms with van der Waals surface area (Å²) in [7, 11) is 4.33. The Morgan fingerprint density at radius 2 is 1.80 bits per heavy atom. The molecule has 1 saturated carbocycles. The van der Waals surface area contributed by atoms with Gasteiger partial charge in [0, 0.05) is 18.1 Å². The maximum atomic E-state index is 3.36. The molecule has 2 bridgehead atoms. The Labute approximate surface area is 62.6 Å². The highest BCUT2D eigenvalue weighted by Gasteiger charge is 2.42. The Morgan fingerprint density at radius 1 is 1.20 bits per heavy atom. The van der Waals surface area contributed by atoms with E-state index < -0.39 is 0 Å². The minimum absolute atomic E-state index is 0.806. The van der Waals surface area contributed by atoms with Gasteiger partial charge in [0.25, 0.3) is 0 Å². The van der Waals surface area contributed by atoms with Gasteiger partial charge in [0.2, 0.25) is 0 Å². The maximum Gasteiger partial charge on any atom is 0.0125 e. The first-order valence-corrected chi connectivity index (χ1v) is 4.20. The number of rotatable bonds is 1. The molecule has 0 amide bonds. The zero-order valence-electron chi connectivity index (χ0n) is 6.80. The fourth-order valence-electron chi connectivity index (χ4n) is 2.32. The van der Waals surface area contributed by atoms with Crippen LogP contribution in [0.3, 0.4) is 0 Å². The molecule has 2 saturated heterocycles. The molecule has 58 valence electrons. The molecule has 3 rings (SSSR count). The van der Waals surface area contributed by atoms with Gasteiger partial charge in [-0.2, -0.15) is 0 Å². The van der Waals surface area contributed by atoms with Gasteiger partial charge in [-0.1, -0.05) is 0 Å². The maximum absolute atomic E-state index is 3.36. The van der Waals surface area contributed by atoms with Crippen LogP contribution >= 0.6 is 0 Å². The Morgan fingerprint density at radius 3 is 2.20 bits per heavy atom. The third-order valence-corrected chi connectivity index (χ3v) is 3.22.